The molecule has 0 N–H and O–H groups in total. The molecular formula is C13H19ClN2O. The van der Waals surface area contributed by atoms with Crippen molar-refractivity contribution in [3.8, 4) is 0 Å². The predicted octanol–water partition coefficient (Wildman–Crippen LogP) is 2.59. The SMILES string of the molecule is CN(Cc1ccnc(Cl)c1)CC1CCOCC1. The van der Waals surface area contributed by atoms with Crippen LogP contribution in [0.15, 0.2) is 18.3 Å². The second-order valence-electron chi connectivity index (χ2n) is 4.74. The lowest BCUT2D eigenvalue weighted by Crippen LogP contribution is -2.29. The number of halogens is 1. The zero-order chi connectivity index (χ0) is 12.1. The van der Waals surface area contributed by atoms with Gasteiger partial charge in [0, 0.05) is 32.5 Å². The van der Waals surface area contributed by atoms with Gasteiger partial charge in [0.25, 0.3) is 0 Å². The Balaban J connectivity index is 1.82. The van der Waals surface area contributed by atoms with Crippen LogP contribution >= 0.6 is 11.6 Å². The Bertz CT molecular complexity index is 353. The highest BCUT2D eigenvalue weighted by Gasteiger charge is 2.15. The summed E-state index contributed by atoms with van der Waals surface area (Å²) in [6.07, 6.45) is 4.13. The first-order valence-electron chi connectivity index (χ1n) is 6.11. The summed E-state index contributed by atoms with van der Waals surface area (Å²) in [5.74, 6) is 0.769. The summed E-state index contributed by atoms with van der Waals surface area (Å²) in [6, 6.07) is 3.95. The van der Waals surface area contributed by atoms with Gasteiger partial charge in [-0.1, -0.05) is 11.6 Å². The van der Waals surface area contributed by atoms with Crippen LogP contribution in [0.3, 0.4) is 0 Å². The van der Waals surface area contributed by atoms with Gasteiger partial charge < -0.3 is 9.64 Å². The molecule has 4 heteroatoms. The van der Waals surface area contributed by atoms with Gasteiger partial charge in [0.1, 0.15) is 5.15 Å². The van der Waals surface area contributed by atoms with Gasteiger partial charge in [-0.15, -0.1) is 0 Å². The number of rotatable bonds is 4. The molecule has 94 valence electrons. The molecule has 0 amide bonds. The molecule has 0 aliphatic carbocycles. The Labute approximate surface area is 108 Å². The van der Waals surface area contributed by atoms with Crippen LogP contribution in [0.4, 0.5) is 0 Å². The highest BCUT2D eigenvalue weighted by Crippen LogP contribution is 2.17. The van der Waals surface area contributed by atoms with Gasteiger partial charge in [-0.25, -0.2) is 4.98 Å². The van der Waals surface area contributed by atoms with Crippen molar-refractivity contribution in [3.05, 3.63) is 29.0 Å². The normalized spacial score (nSPS) is 17.6. The van der Waals surface area contributed by atoms with E-state index in [0.29, 0.717) is 5.15 Å². The summed E-state index contributed by atoms with van der Waals surface area (Å²) in [7, 11) is 2.16. The average Bonchev–Trinajstić information content (AvgIpc) is 2.30. The number of aromatic nitrogens is 1. The van der Waals surface area contributed by atoms with E-state index in [9.17, 15) is 0 Å². The van der Waals surface area contributed by atoms with E-state index < -0.39 is 0 Å². The van der Waals surface area contributed by atoms with Crippen molar-refractivity contribution in [3.63, 3.8) is 0 Å². The molecule has 1 aliphatic rings. The van der Waals surface area contributed by atoms with Crippen molar-refractivity contribution in [2.24, 2.45) is 5.92 Å². The van der Waals surface area contributed by atoms with Crippen molar-refractivity contribution in [2.75, 3.05) is 26.8 Å². The summed E-state index contributed by atoms with van der Waals surface area (Å²) in [5.41, 5.74) is 1.22. The minimum absolute atomic E-state index is 0.571. The van der Waals surface area contributed by atoms with Crippen LogP contribution in [0.25, 0.3) is 0 Å². The van der Waals surface area contributed by atoms with Gasteiger partial charge in [0.2, 0.25) is 0 Å². The lowest BCUT2D eigenvalue weighted by Gasteiger charge is -2.27. The van der Waals surface area contributed by atoms with E-state index in [0.717, 1.165) is 32.2 Å². The van der Waals surface area contributed by atoms with Crippen LogP contribution in [0, 0.1) is 5.92 Å². The topological polar surface area (TPSA) is 25.4 Å². The van der Waals surface area contributed by atoms with E-state index in [2.05, 4.69) is 16.9 Å². The second kappa shape index (κ2) is 6.34. The van der Waals surface area contributed by atoms with Gasteiger partial charge in [0.15, 0.2) is 0 Å². The average molecular weight is 255 g/mol. The Kier molecular flexibility index (Phi) is 4.77. The molecule has 1 aromatic heterocycles. The van der Waals surface area contributed by atoms with Crippen LogP contribution < -0.4 is 0 Å². The van der Waals surface area contributed by atoms with Crippen molar-refractivity contribution in [1.29, 1.82) is 0 Å². The third-order valence-corrected chi connectivity index (χ3v) is 3.36. The maximum atomic E-state index is 5.87. The molecule has 1 aliphatic heterocycles. The Morgan fingerprint density at radius 2 is 2.24 bits per heavy atom. The smallest absolute Gasteiger partial charge is 0.129 e. The molecule has 2 heterocycles. The van der Waals surface area contributed by atoms with Gasteiger partial charge in [-0.3, -0.25) is 0 Å². The van der Waals surface area contributed by atoms with Gasteiger partial charge in [0.05, 0.1) is 0 Å². The summed E-state index contributed by atoms with van der Waals surface area (Å²) >= 11 is 5.87. The first-order chi connectivity index (χ1) is 8.24. The number of pyridine rings is 1. The lowest BCUT2D eigenvalue weighted by molar-refractivity contribution is 0.0549. The maximum Gasteiger partial charge on any atom is 0.129 e. The fraction of sp³-hybridized carbons (Fsp3) is 0.615. The molecule has 1 saturated heterocycles. The van der Waals surface area contributed by atoms with E-state index in [4.69, 9.17) is 16.3 Å². The van der Waals surface area contributed by atoms with Crippen LogP contribution in [0.2, 0.25) is 5.15 Å². The largest absolute Gasteiger partial charge is 0.381 e. The molecule has 2 rings (SSSR count). The Morgan fingerprint density at radius 1 is 1.47 bits per heavy atom. The molecule has 0 atom stereocenters. The molecule has 0 aromatic carbocycles. The summed E-state index contributed by atoms with van der Waals surface area (Å²) in [4.78, 5) is 6.34. The third kappa shape index (κ3) is 4.26. The van der Waals surface area contributed by atoms with E-state index in [1.54, 1.807) is 6.20 Å². The monoisotopic (exact) mass is 254 g/mol. The standard InChI is InChI=1S/C13H19ClN2O/c1-16(9-11-3-6-17-7-4-11)10-12-2-5-15-13(14)8-12/h2,5,8,11H,3-4,6-7,9-10H2,1H3. The first-order valence-corrected chi connectivity index (χ1v) is 6.48. The van der Waals surface area contributed by atoms with Crippen molar-refractivity contribution in [2.45, 2.75) is 19.4 Å². The first kappa shape index (κ1) is 12.8. The van der Waals surface area contributed by atoms with E-state index >= 15 is 0 Å². The highest BCUT2D eigenvalue weighted by atomic mass is 35.5. The quantitative estimate of drug-likeness (QED) is 0.773. The second-order valence-corrected chi connectivity index (χ2v) is 5.13. The molecule has 0 radical (unpaired) electrons. The van der Waals surface area contributed by atoms with Crippen molar-refractivity contribution >= 4 is 11.6 Å². The molecule has 1 aromatic rings. The van der Waals surface area contributed by atoms with E-state index in [-0.39, 0.29) is 0 Å². The zero-order valence-corrected chi connectivity index (χ0v) is 11.0. The van der Waals surface area contributed by atoms with Crippen LogP contribution in [0.5, 0.6) is 0 Å². The minimum Gasteiger partial charge on any atom is -0.381 e. The fourth-order valence-electron chi connectivity index (χ4n) is 2.29. The summed E-state index contributed by atoms with van der Waals surface area (Å²) in [6.45, 7) is 3.89. The molecule has 0 spiro atoms. The van der Waals surface area contributed by atoms with Crippen LogP contribution in [0.1, 0.15) is 18.4 Å². The number of ether oxygens (including phenoxy) is 1. The van der Waals surface area contributed by atoms with Crippen LogP contribution in [-0.4, -0.2) is 36.7 Å². The van der Waals surface area contributed by atoms with E-state index in [1.165, 1.54) is 18.4 Å². The van der Waals surface area contributed by atoms with Gasteiger partial charge in [-0.05, 0) is 43.5 Å². The number of nitrogens with zero attached hydrogens (tertiary/aromatic N) is 2. The zero-order valence-electron chi connectivity index (χ0n) is 10.2. The lowest BCUT2D eigenvalue weighted by atomic mass is 10.00. The predicted molar refractivity (Wildman–Crippen MR) is 69.1 cm³/mol. The maximum absolute atomic E-state index is 5.87. The van der Waals surface area contributed by atoms with Crippen molar-refractivity contribution < 1.29 is 4.74 Å². The summed E-state index contributed by atoms with van der Waals surface area (Å²) in [5, 5.41) is 0.571. The fourth-order valence-corrected chi connectivity index (χ4v) is 2.48. The third-order valence-electron chi connectivity index (χ3n) is 3.15. The van der Waals surface area contributed by atoms with Crippen LogP contribution in [-0.2, 0) is 11.3 Å². The molecule has 0 unspecified atom stereocenters. The molecule has 1 fully saturated rings. The van der Waals surface area contributed by atoms with E-state index in [1.807, 2.05) is 12.1 Å². The van der Waals surface area contributed by atoms with Crippen molar-refractivity contribution in [1.82, 2.24) is 9.88 Å². The minimum atomic E-state index is 0.571. The summed E-state index contributed by atoms with van der Waals surface area (Å²) < 4.78 is 5.37. The number of hydrogen-bond donors (Lipinski definition) is 0. The Morgan fingerprint density at radius 3 is 2.94 bits per heavy atom. The molecular weight excluding hydrogens is 236 g/mol. The molecule has 0 bridgehead atoms. The van der Waals surface area contributed by atoms with Gasteiger partial charge in [-0.2, -0.15) is 0 Å². The molecule has 0 saturated carbocycles. The van der Waals surface area contributed by atoms with Gasteiger partial charge >= 0.3 is 0 Å². The molecule has 17 heavy (non-hydrogen) atoms. The number of hydrogen-bond acceptors (Lipinski definition) is 3. The highest BCUT2D eigenvalue weighted by molar-refractivity contribution is 6.29. The molecule has 3 nitrogen and oxygen atoms in total. The Hall–Kier alpha value is -0.640.